The number of carbonyl (C=O) groups is 1. The van der Waals surface area contributed by atoms with E-state index in [0.717, 1.165) is 22.0 Å². The Labute approximate surface area is 204 Å². The number of ether oxygens (including phenoxy) is 3. The number of anilines is 1. The predicted molar refractivity (Wildman–Crippen MR) is 130 cm³/mol. The summed E-state index contributed by atoms with van der Waals surface area (Å²) in [5, 5.41) is 2.72. The van der Waals surface area contributed by atoms with Crippen LogP contribution in [0.5, 0.6) is 17.2 Å². The average Bonchev–Trinajstić information content (AvgIpc) is 2.86. The van der Waals surface area contributed by atoms with E-state index >= 15 is 0 Å². The molecule has 0 bridgehead atoms. The molecule has 35 heavy (non-hydrogen) atoms. The van der Waals surface area contributed by atoms with Crippen LogP contribution in [-0.2, 0) is 21.4 Å². The molecule has 0 aliphatic carbocycles. The number of hydrogen-bond acceptors (Lipinski definition) is 6. The molecule has 0 fully saturated rings. The Balaban J connectivity index is 1.87. The van der Waals surface area contributed by atoms with Crippen molar-refractivity contribution >= 4 is 21.6 Å². The van der Waals surface area contributed by atoms with Gasteiger partial charge in [0.1, 0.15) is 18.1 Å². The molecule has 3 aromatic carbocycles. The fourth-order valence-electron chi connectivity index (χ4n) is 3.33. The van der Waals surface area contributed by atoms with Crippen molar-refractivity contribution in [3.05, 3.63) is 78.1 Å². The fraction of sp³-hybridized carbons (Fsp3) is 0.240. The van der Waals surface area contributed by atoms with E-state index in [-0.39, 0.29) is 22.9 Å². The van der Waals surface area contributed by atoms with E-state index in [1.807, 2.05) is 13.0 Å². The number of carbonyl (C=O) groups excluding carboxylic acids is 1. The molecule has 0 aliphatic heterocycles. The monoisotopic (exact) mass is 502 g/mol. The SMILES string of the molecule is CCOc1cccc(CNC(=O)CN(c2ccc(F)cc2)S(=O)(=O)c2ccc(OC)c(OC)c2)c1. The number of sulfonamides is 1. The van der Waals surface area contributed by atoms with Crippen LogP contribution in [0.1, 0.15) is 12.5 Å². The Bertz CT molecular complexity index is 1270. The van der Waals surface area contributed by atoms with Gasteiger partial charge < -0.3 is 19.5 Å². The number of hydrogen-bond donors (Lipinski definition) is 1. The summed E-state index contributed by atoms with van der Waals surface area (Å²) in [5.41, 5.74) is 0.926. The number of amides is 1. The fourth-order valence-corrected chi connectivity index (χ4v) is 4.76. The third-order valence-electron chi connectivity index (χ3n) is 5.04. The number of halogens is 1. The van der Waals surface area contributed by atoms with Crippen LogP contribution in [0.15, 0.2) is 71.6 Å². The van der Waals surface area contributed by atoms with Crippen LogP contribution in [0.4, 0.5) is 10.1 Å². The summed E-state index contributed by atoms with van der Waals surface area (Å²) in [5.74, 6) is 0.164. The van der Waals surface area contributed by atoms with E-state index in [9.17, 15) is 17.6 Å². The molecule has 186 valence electrons. The van der Waals surface area contributed by atoms with Crippen molar-refractivity contribution in [2.24, 2.45) is 0 Å². The zero-order chi connectivity index (χ0) is 25.4. The molecule has 0 aliphatic rings. The lowest BCUT2D eigenvalue weighted by Gasteiger charge is -2.24. The lowest BCUT2D eigenvalue weighted by molar-refractivity contribution is -0.119. The van der Waals surface area contributed by atoms with E-state index in [1.54, 1.807) is 18.2 Å². The molecule has 10 heteroatoms. The summed E-state index contributed by atoms with van der Waals surface area (Å²) < 4.78 is 57.4. The first-order chi connectivity index (χ1) is 16.8. The minimum Gasteiger partial charge on any atom is -0.494 e. The van der Waals surface area contributed by atoms with Gasteiger partial charge >= 0.3 is 0 Å². The lowest BCUT2D eigenvalue weighted by Crippen LogP contribution is -2.40. The van der Waals surface area contributed by atoms with Gasteiger partial charge in [-0.15, -0.1) is 0 Å². The van der Waals surface area contributed by atoms with E-state index < -0.39 is 28.3 Å². The maximum absolute atomic E-state index is 13.6. The Morgan fingerprint density at radius 3 is 2.34 bits per heavy atom. The van der Waals surface area contributed by atoms with Crippen LogP contribution in [0.25, 0.3) is 0 Å². The highest BCUT2D eigenvalue weighted by atomic mass is 32.2. The second-order valence-corrected chi connectivity index (χ2v) is 9.22. The number of benzene rings is 3. The highest BCUT2D eigenvalue weighted by Crippen LogP contribution is 2.32. The molecule has 0 saturated carbocycles. The van der Waals surface area contributed by atoms with E-state index in [4.69, 9.17) is 14.2 Å². The molecule has 0 radical (unpaired) electrons. The molecule has 1 N–H and O–H groups in total. The van der Waals surface area contributed by atoms with E-state index in [1.165, 1.54) is 44.6 Å². The van der Waals surface area contributed by atoms with Gasteiger partial charge in [0.05, 0.1) is 31.4 Å². The number of rotatable bonds is 11. The van der Waals surface area contributed by atoms with Crippen LogP contribution in [0.3, 0.4) is 0 Å². The number of methoxy groups -OCH3 is 2. The Kier molecular flexibility index (Phi) is 8.53. The van der Waals surface area contributed by atoms with Crippen LogP contribution in [0, 0.1) is 5.82 Å². The second-order valence-electron chi connectivity index (χ2n) is 7.36. The van der Waals surface area contributed by atoms with Crippen molar-refractivity contribution in [3.63, 3.8) is 0 Å². The largest absolute Gasteiger partial charge is 0.494 e. The Hall–Kier alpha value is -3.79. The molecule has 1 amide bonds. The first-order valence-corrected chi connectivity index (χ1v) is 12.2. The number of nitrogens with zero attached hydrogens (tertiary/aromatic N) is 1. The minimum absolute atomic E-state index is 0.114. The van der Waals surface area contributed by atoms with Crippen LogP contribution >= 0.6 is 0 Å². The maximum atomic E-state index is 13.6. The highest BCUT2D eigenvalue weighted by molar-refractivity contribution is 7.92. The lowest BCUT2D eigenvalue weighted by atomic mass is 10.2. The van der Waals surface area contributed by atoms with Gasteiger partial charge in [0.15, 0.2) is 11.5 Å². The summed E-state index contributed by atoms with van der Waals surface area (Å²) in [4.78, 5) is 12.7. The topological polar surface area (TPSA) is 94.2 Å². The standard InChI is InChI=1S/C25H27FN2O6S/c1-4-34-21-7-5-6-18(14-21)16-27-25(29)17-28(20-10-8-19(26)9-11-20)35(30,31)22-12-13-23(32-2)24(15-22)33-3/h5-15H,4,16-17H2,1-3H3,(H,27,29). The summed E-state index contributed by atoms with van der Waals surface area (Å²) in [6.07, 6.45) is 0. The zero-order valence-corrected chi connectivity index (χ0v) is 20.5. The number of nitrogens with one attached hydrogen (secondary N) is 1. The molecule has 0 spiro atoms. The summed E-state index contributed by atoms with van der Waals surface area (Å²) in [7, 11) is -1.40. The van der Waals surface area contributed by atoms with Gasteiger partial charge in [-0.2, -0.15) is 0 Å². The molecule has 0 saturated heterocycles. The van der Waals surface area contributed by atoms with Crippen molar-refractivity contribution < 1.29 is 31.8 Å². The summed E-state index contributed by atoms with van der Waals surface area (Å²) in [6, 6.07) is 16.2. The van der Waals surface area contributed by atoms with Crippen LogP contribution in [0.2, 0.25) is 0 Å². The van der Waals surface area contributed by atoms with Gasteiger partial charge in [-0.25, -0.2) is 12.8 Å². The molecule has 3 aromatic rings. The predicted octanol–water partition coefficient (Wildman–Crippen LogP) is 3.75. The van der Waals surface area contributed by atoms with Crippen molar-refractivity contribution in [2.45, 2.75) is 18.4 Å². The van der Waals surface area contributed by atoms with Gasteiger partial charge in [0.25, 0.3) is 10.0 Å². The van der Waals surface area contributed by atoms with E-state index in [0.29, 0.717) is 18.1 Å². The maximum Gasteiger partial charge on any atom is 0.264 e. The van der Waals surface area contributed by atoms with Crippen molar-refractivity contribution in [1.29, 1.82) is 0 Å². The van der Waals surface area contributed by atoms with Crippen LogP contribution < -0.4 is 23.8 Å². The van der Waals surface area contributed by atoms with Gasteiger partial charge in [-0.05, 0) is 61.0 Å². The van der Waals surface area contributed by atoms with Gasteiger partial charge in [-0.3, -0.25) is 9.10 Å². The Morgan fingerprint density at radius 1 is 0.971 bits per heavy atom. The molecule has 0 heterocycles. The van der Waals surface area contributed by atoms with Crippen molar-refractivity contribution in [1.82, 2.24) is 5.32 Å². The first-order valence-electron chi connectivity index (χ1n) is 10.8. The minimum atomic E-state index is -4.22. The van der Waals surface area contributed by atoms with Gasteiger partial charge in [0.2, 0.25) is 5.91 Å². The van der Waals surface area contributed by atoms with Crippen LogP contribution in [-0.4, -0.2) is 41.7 Å². The second kappa shape index (κ2) is 11.6. The molecule has 3 rings (SSSR count). The smallest absolute Gasteiger partial charge is 0.264 e. The van der Waals surface area contributed by atoms with Gasteiger partial charge in [-0.1, -0.05) is 12.1 Å². The van der Waals surface area contributed by atoms with E-state index in [2.05, 4.69) is 5.32 Å². The normalized spacial score (nSPS) is 11.0. The molecule has 8 nitrogen and oxygen atoms in total. The molecule has 0 aromatic heterocycles. The zero-order valence-electron chi connectivity index (χ0n) is 19.7. The average molecular weight is 503 g/mol. The third kappa shape index (κ3) is 6.42. The first kappa shape index (κ1) is 25.8. The third-order valence-corrected chi connectivity index (χ3v) is 6.81. The van der Waals surface area contributed by atoms with Crippen molar-refractivity contribution in [2.75, 3.05) is 31.7 Å². The summed E-state index contributed by atoms with van der Waals surface area (Å²) in [6.45, 7) is 2.04. The quantitative estimate of drug-likeness (QED) is 0.429. The van der Waals surface area contributed by atoms with Crippen molar-refractivity contribution in [3.8, 4) is 17.2 Å². The molecular formula is C25H27FN2O6S. The van der Waals surface area contributed by atoms with Gasteiger partial charge in [0, 0.05) is 12.6 Å². The molecule has 0 atom stereocenters. The summed E-state index contributed by atoms with van der Waals surface area (Å²) >= 11 is 0. The molecular weight excluding hydrogens is 475 g/mol. The molecule has 0 unspecified atom stereocenters. The highest BCUT2D eigenvalue weighted by Gasteiger charge is 2.28. The Morgan fingerprint density at radius 2 is 1.69 bits per heavy atom.